The van der Waals surface area contributed by atoms with Crippen LogP contribution in [0.4, 0.5) is 27.2 Å². The number of aryl methyl sites for hydroxylation is 4. The zero-order valence-corrected chi connectivity index (χ0v) is 40.1. The second-order valence-corrected chi connectivity index (χ2v) is 17.6. The van der Waals surface area contributed by atoms with Crippen LogP contribution in [0, 0.1) is 13.8 Å². The molecule has 366 valence electrons. The van der Waals surface area contributed by atoms with Crippen LogP contribution in [-0.4, -0.2) is 104 Å². The first-order chi connectivity index (χ1) is 32.5. The molecule has 24 heteroatoms. The number of rotatable bonds is 17. The highest BCUT2D eigenvalue weighted by molar-refractivity contribution is 6.09. The van der Waals surface area contributed by atoms with E-state index < -0.39 is 47.0 Å². The van der Waals surface area contributed by atoms with Crippen LogP contribution in [0.1, 0.15) is 108 Å². The highest BCUT2D eigenvalue weighted by atomic mass is 16.6. The van der Waals surface area contributed by atoms with Crippen LogP contribution in [0.3, 0.4) is 0 Å². The summed E-state index contributed by atoms with van der Waals surface area (Å²) in [5.41, 5.74) is 12.5. The average molecular weight is 952 g/mol. The first-order valence-electron chi connectivity index (χ1n) is 22.0. The molecule has 24 nitrogen and oxygen atoms in total. The molecule has 0 unspecified atom stereocenters. The molecule has 0 aliphatic rings. The van der Waals surface area contributed by atoms with Crippen molar-refractivity contribution in [1.82, 2.24) is 49.0 Å². The van der Waals surface area contributed by atoms with Gasteiger partial charge in [0.05, 0.1) is 34.7 Å². The van der Waals surface area contributed by atoms with E-state index in [1.165, 1.54) is 29.1 Å². The van der Waals surface area contributed by atoms with Gasteiger partial charge in [-0.2, -0.15) is 10.2 Å². The minimum atomic E-state index is -0.835. The standard InChI is InChI=1S/C45H57N15O9/c1-11-59-30(19-24(3)55-59)38(63)53-41-51-29-21-27(36(47)62)23-49-37(29)58(41)17-14-13-16-57-33-28(20-26(35(46)61)22-31(33)67-18-15-48-42(65)68-44(5,6)7)50-40(57)54-39(64)34-32(25(4)56-60(34)12-2)52-43(66)69-45(8,9)10/h13-14,19-23H,11-12,15-18H2,1-10H3,(H2,46,61)(H2,47,62)(H,48,65)(H,52,66)(H,50,54,64)(H,51,53,63)/b14-13+. The van der Waals surface area contributed by atoms with Crippen molar-refractivity contribution in [3.05, 3.63) is 76.5 Å². The number of hydrogen-bond donors (Lipinski definition) is 6. The van der Waals surface area contributed by atoms with Crippen LogP contribution in [0.5, 0.6) is 5.75 Å². The van der Waals surface area contributed by atoms with Crippen LogP contribution in [-0.2, 0) is 35.7 Å². The number of pyridine rings is 1. The van der Waals surface area contributed by atoms with Crippen molar-refractivity contribution < 1.29 is 43.0 Å². The summed E-state index contributed by atoms with van der Waals surface area (Å²) in [6, 6.07) is 5.99. The van der Waals surface area contributed by atoms with Gasteiger partial charge in [-0.15, -0.1) is 0 Å². The molecule has 6 aromatic rings. The summed E-state index contributed by atoms with van der Waals surface area (Å²) in [4.78, 5) is 91.9. The van der Waals surface area contributed by atoms with Crippen molar-refractivity contribution >= 4 is 75.6 Å². The number of anilines is 3. The largest absolute Gasteiger partial charge is 0.489 e. The molecule has 5 aromatic heterocycles. The Kier molecular flexibility index (Phi) is 14.7. The molecular formula is C45H57N15O9. The number of carbonyl (C=O) groups is 6. The average Bonchev–Trinajstić information content (AvgIpc) is 4.00. The van der Waals surface area contributed by atoms with Crippen molar-refractivity contribution in [2.75, 3.05) is 29.1 Å². The van der Waals surface area contributed by atoms with Crippen molar-refractivity contribution in [3.63, 3.8) is 0 Å². The third-order valence-electron chi connectivity index (χ3n) is 9.88. The highest BCUT2D eigenvalue weighted by Crippen LogP contribution is 2.32. The van der Waals surface area contributed by atoms with Crippen LogP contribution >= 0.6 is 0 Å². The van der Waals surface area contributed by atoms with Gasteiger partial charge in [-0.05, 0) is 93.5 Å². The molecule has 6 rings (SSSR count). The number of benzene rings is 1. The van der Waals surface area contributed by atoms with E-state index in [-0.39, 0.29) is 84.0 Å². The van der Waals surface area contributed by atoms with Gasteiger partial charge >= 0.3 is 12.2 Å². The van der Waals surface area contributed by atoms with E-state index in [1.54, 1.807) is 94.3 Å². The maximum Gasteiger partial charge on any atom is 0.412 e. The highest BCUT2D eigenvalue weighted by Gasteiger charge is 2.28. The minimum absolute atomic E-state index is 0.00299. The van der Waals surface area contributed by atoms with E-state index in [0.717, 1.165) is 0 Å². The number of aromatic nitrogens is 9. The number of carbonyl (C=O) groups excluding carboxylic acids is 6. The molecule has 0 atom stereocenters. The molecular weight excluding hydrogens is 895 g/mol. The molecule has 5 heterocycles. The second-order valence-electron chi connectivity index (χ2n) is 17.6. The summed E-state index contributed by atoms with van der Waals surface area (Å²) in [6.45, 7) is 18.1. The van der Waals surface area contributed by atoms with E-state index >= 15 is 0 Å². The number of imidazole rings is 2. The summed E-state index contributed by atoms with van der Waals surface area (Å²) in [7, 11) is 0. The topological polar surface area (TPSA) is 314 Å². The maximum atomic E-state index is 14.4. The molecule has 0 bridgehead atoms. The van der Waals surface area contributed by atoms with Crippen LogP contribution in [0.25, 0.3) is 22.2 Å². The Morgan fingerprint density at radius 2 is 1.30 bits per heavy atom. The van der Waals surface area contributed by atoms with Gasteiger partial charge < -0.3 is 35.6 Å². The van der Waals surface area contributed by atoms with Gasteiger partial charge in [0.15, 0.2) is 11.3 Å². The summed E-state index contributed by atoms with van der Waals surface area (Å²) >= 11 is 0. The Labute approximate surface area is 396 Å². The van der Waals surface area contributed by atoms with Crippen LogP contribution < -0.4 is 37.5 Å². The van der Waals surface area contributed by atoms with Crippen LogP contribution in [0.15, 0.2) is 42.6 Å². The van der Waals surface area contributed by atoms with E-state index in [2.05, 4.69) is 41.4 Å². The third kappa shape index (κ3) is 12.0. The lowest BCUT2D eigenvalue weighted by molar-refractivity contribution is 0.0518. The first-order valence-corrected chi connectivity index (χ1v) is 22.0. The third-order valence-corrected chi connectivity index (χ3v) is 9.88. The fourth-order valence-electron chi connectivity index (χ4n) is 7.05. The molecule has 1 aromatic carbocycles. The SMILES string of the molecule is CCn1nc(C)cc1C(=O)Nc1nc2cc(C(N)=O)cnc2n1C/C=C/Cn1c(NC(=O)c2c(NC(=O)OC(C)(C)C)c(C)nn2CC)nc2cc(C(N)=O)cc(OCCNC(=O)OC(C)(C)C)c21. The number of allylic oxidation sites excluding steroid dienone is 2. The zero-order valence-electron chi connectivity index (χ0n) is 40.1. The number of amides is 6. The lowest BCUT2D eigenvalue weighted by Crippen LogP contribution is -2.34. The van der Waals surface area contributed by atoms with Gasteiger partial charge in [-0.1, -0.05) is 12.2 Å². The first kappa shape index (κ1) is 50.1. The van der Waals surface area contributed by atoms with Gasteiger partial charge in [0.2, 0.25) is 23.7 Å². The second kappa shape index (κ2) is 20.3. The van der Waals surface area contributed by atoms with Gasteiger partial charge in [0, 0.05) is 37.9 Å². The smallest absolute Gasteiger partial charge is 0.412 e. The number of hydrogen-bond acceptors (Lipinski definition) is 14. The Morgan fingerprint density at radius 1 is 0.710 bits per heavy atom. The van der Waals surface area contributed by atoms with Crippen molar-refractivity contribution in [2.24, 2.45) is 11.5 Å². The van der Waals surface area contributed by atoms with E-state index in [9.17, 15) is 28.8 Å². The van der Waals surface area contributed by atoms with Crippen molar-refractivity contribution in [2.45, 2.75) is 107 Å². The molecule has 0 saturated carbocycles. The van der Waals surface area contributed by atoms with Gasteiger partial charge in [0.25, 0.3) is 11.8 Å². The van der Waals surface area contributed by atoms with Gasteiger partial charge in [-0.3, -0.25) is 49.1 Å². The summed E-state index contributed by atoms with van der Waals surface area (Å²) in [5.74, 6) is -2.43. The Balaban J connectivity index is 1.40. The molecule has 6 amide bonds. The molecule has 0 fully saturated rings. The number of primary amides is 2. The summed E-state index contributed by atoms with van der Waals surface area (Å²) < 4.78 is 23.2. The predicted molar refractivity (Wildman–Crippen MR) is 254 cm³/mol. The quantitative estimate of drug-likeness (QED) is 0.0516. The lowest BCUT2D eigenvalue weighted by atomic mass is 10.1. The number of ether oxygens (including phenoxy) is 3. The van der Waals surface area contributed by atoms with E-state index in [0.29, 0.717) is 34.8 Å². The van der Waals surface area contributed by atoms with Gasteiger partial charge in [0.1, 0.15) is 40.3 Å². The van der Waals surface area contributed by atoms with Gasteiger partial charge in [-0.25, -0.2) is 24.5 Å². The molecule has 0 saturated heterocycles. The fourth-order valence-corrected chi connectivity index (χ4v) is 7.05. The Morgan fingerprint density at radius 3 is 1.94 bits per heavy atom. The number of alkyl carbamates (subject to hydrolysis) is 1. The molecule has 0 spiro atoms. The number of nitrogens with one attached hydrogen (secondary N) is 4. The van der Waals surface area contributed by atoms with Crippen molar-refractivity contribution in [1.29, 1.82) is 0 Å². The predicted octanol–water partition coefficient (Wildman–Crippen LogP) is 5.04. The Hall–Kier alpha value is -8.31. The number of fused-ring (bicyclic) bond motifs is 2. The van der Waals surface area contributed by atoms with E-state index in [1.807, 2.05) is 6.92 Å². The zero-order chi connectivity index (χ0) is 50.5. The van der Waals surface area contributed by atoms with E-state index in [4.69, 9.17) is 30.7 Å². The summed E-state index contributed by atoms with van der Waals surface area (Å²) in [5, 5.41) is 19.8. The lowest BCUT2D eigenvalue weighted by Gasteiger charge is -2.20. The molecule has 8 N–H and O–H groups in total. The molecule has 0 radical (unpaired) electrons. The maximum absolute atomic E-state index is 14.4. The molecule has 0 aliphatic heterocycles. The number of nitrogens with zero attached hydrogens (tertiary/aromatic N) is 9. The Bertz CT molecular complexity index is 3000. The van der Waals surface area contributed by atoms with Crippen molar-refractivity contribution in [3.8, 4) is 5.75 Å². The summed E-state index contributed by atoms with van der Waals surface area (Å²) in [6.07, 6.45) is 3.34. The fraction of sp³-hybridized carbons (Fsp3) is 0.400. The monoisotopic (exact) mass is 951 g/mol. The molecule has 0 aliphatic carbocycles. The molecule has 69 heavy (non-hydrogen) atoms. The minimum Gasteiger partial charge on any atom is -0.489 e. The normalized spacial score (nSPS) is 11.8. The van der Waals surface area contributed by atoms with Crippen LogP contribution in [0.2, 0.25) is 0 Å². The number of nitrogens with two attached hydrogens (primary N) is 2.